The lowest BCUT2D eigenvalue weighted by Gasteiger charge is -2.37. The second-order valence-corrected chi connectivity index (χ2v) is 7.09. The molecule has 3 unspecified atom stereocenters. The van der Waals surface area contributed by atoms with Crippen LogP contribution in [0.2, 0.25) is 0 Å². The first-order valence-corrected chi connectivity index (χ1v) is 9.05. The minimum absolute atomic E-state index is 0.165. The van der Waals surface area contributed by atoms with Gasteiger partial charge in [-0.1, -0.05) is 17.8 Å². The summed E-state index contributed by atoms with van der Waals surface area (Å²) in [6.45, 7) is 0.574. The maximum atomic E-state index is 13.1. The molecule has 2 aliphatic heterocycles. The summed E-state index contributed by atoms with van der Waals surface area (Å²) in [5.74, 6) is -2.62. The van der Waals surface area contributed by atoms with Gasteiger partial charge in [0.05, 0.1) is 24.7 Å². The number of nitrogens with zero attached hydrogens (tertiary/aromatic N) is 1. The van der Waals surface area contributed by atoms with Gasteiger partial charge in [-0.15, -0.1) is 0 Å². The molecule has 142 valence electrons. The second kappa shape index (κ2) is 7.34. The predicted octanol–water partition coefficient (Wildman–Crippen LogP) is 3.10. The van der Waals surface area contributed by atoms with Gasteiger partial charge in [-0.25, -0.2) is 0 Å². The van der Waals surface area contributed by atoms with E-state index in [9.17, 15) is 22.8 Å². The Morgan fingerprint density at radius 2 is 2.15 bits per heavy atom. The van der Waals surface area contributed by atoms with Crippen LogP contribution in [0.15, 0.2) is 24.0 Å². The number of hydrogen-bond acceptors (Lipinski definition) is 6. The van der Waals surface area contributed by atoms with Gasteiger partial charge in [0.1, 0.15) is 17.7 Å². The molecule has 0 aromatic rings. The number of nitrogens with one attached hydrogen (secondary N) is 1. The molecule has 2 heterocycles. The molecule has 0 bridgehead atoms. The molecule has 0 spiro atoms. The molecule has 0 aromatic carbocycles. The van der Waals surface area contributed by atoms with E-state index in [1.165, 1.54) is 23.1 Å². The Kier molecular flexibility index (Phi) is 5.31. The van der Waals surface area contributed by atoms with Crippen LogP contribution in [-0.2, 0) is 14.3 Å². The van der Waals surface area contributed by atoms with Crippen LogP contribution >= 0.6 is 11.8 Å². The molecule has 0 saturated carbocycles. The number of thioether (sulfide) groups is 1. The van der Waals surface area contributed by atoms with Crippen molar-refractivity contribution in [2.45, 2.75) is 25.1 Å². The highest BCUT2D eigenvalue weighted by molar-refractivity contribution is 8.14. The minimum atomic E-state index is -4.47. The van der Waals surface area contributed by atoms with Gasteiger partial charge in [-0.3, -0.25) is 19.9 Å². The Bertz CT molecular complexity index is 661. The molecule has 1 aliphatic carbocycles. The fraction of sp³-hybridized carbons (Fsp3) is 0.562. The van der Waals surface area contributed by atoms with Crippen LogP contribution in [0.5, 0.6) is 0 Å². The van der Waals surface area contributed by atoms with Gasteiger partial charge < -0.3 is 9.47 Å². The molecule has 3 rings (SSSR count). The quantitative estimate of drug-likeness (QED) is 0.576. The molecule has 0 radical (unpaired) electrons. The van der Waals surface area contributed by atoms with Gasteiger partial charge in [-0.2, -0.15) is 13.2 Å². The summed E-state index contributed by atoms with van der Waals surface area (Å²) in [6.07, 6.45) is -1.44. The van der Waals surface area contributed by atoms with E-state index in [1.54, 1.807) is 0 Å². The zero-order valence-corrected chi connectivity index (χ0v) is 14.4. The summed E-state index contributed by atoms with van der Waals surface area (Å²) >= 11 is 1.07. The van der Waals surface area contributed by atoms with Crippen molar-refractivity contribution in [3.8, 4) is 0 Å². The fourth-order valence-electron chi connectivity index (χ4n) is 3.10. The van der Waals surface area contributed by atoms with E-state index in [-0.39, 0.29) is 17.7 Å². The van der Waals surface area contributed by atoms with Crippen LogP contribution in [0.25, 0.3) is 0 Å². The SMILES string of the molecule is N=C1CSC(=O)N1CCCOC1=CC2OC(=O)CC(C(F)(F)F)C2C=C1. The standard InChI is InChI=1S/C16H17F3N2O4S/c17-16(18,19)11-7-14(22)25-12-6-9(2-3-10(11)12)24-5-1-4-21-13(20)8-26-15(21)23/h2-3,6,10-12,20H,1,4-5,7-8H2. The molecule has 10 heteroatoms. The van der Waals surface area contributed by atoms with Gasteiger partial charge in [0.15, 0.2) is 0 Å². The normalized spacial score (nSPS) is 28.7. The Morgan fingerprint density at radius 3 is 2.81 bits per heavy atom. The highest BCUT2D eigenvalue weighted by atomic mass is 32.2. The highest BCUT2D eigenvalue weighted by Crippen LogP contribution is 2.42. The predicted molar refractivity (Wildman–Crippen MR) is 87.6 cm³/mol. The topological polar surface area (TPSA) is 79.7 Å². The largest absolute Gasteiger partial charge is 0.494 e. The number of rotatable bonds is 5. The molecule has 0 aromatic heterocycles. The van der Waals surface area contributed by atoms with Crippen molar-refractivity contribution in [3.63, 3.8) is 0 Å². The Balaban J connectivity index is 1.53. The van der Waals surface area contributed by atoms with E-state index >= 15 is 0 Å². The van der Waals surface area contributed by atoms with Crippen LogP contribution in [-0.4, -0.2) is 53.1 Å². The number of fused-ring (bicyclic) bond motifs is 1. The summed E-state index contributed by atoms with van der Waals surface area (Å²) in [7, 11) is 0. The van der Waals surface area contributed by atoms with E-state index in [1.807, 2.05) is 0 Å². The van der Waals surface area contributed by atoms with Crippen molar-refractivity contribution >= 4 is 28.8 Å². The number of alkyl halides is 3. The lowest BCUT2D eigenvalue weighted by Crippen LogP contribution is -2.44. The van der Waals surface area contributed by atoms with Gasteiger partial charge in [0.2, 0.25) is 0 Å². The monoisotopic (exact) mass is 390 g/mol. The van der Waals surface area contributed by atoms with Crippen LogP contribution < -0.4 is 0 Å². The molecule has 3 aliphatic rings. The van der Waals surface area contributed by atoms with E-state index in [2.05, 4.69) is 0 Å². The molecule has 1 amide bonds. The number of allylic oxidation sites excluding steroid dienone is 1. The lowest BCUT2D eigenvalue weighted by atomic mass is 9.80. The van der Waals surface area contributed by atoms with Crippen LogP contribution in [0.4, 0.5) is 18.0 Å². The number of halogens is 3. The van der Waals surface area contributed by atoms with Crippen molar-refractivity contribution in [1.29, 1.82) is 5.41 Å². The van der Waals surface area contributed by atoms with Crippen LogP contribution in [0, 0.1) is 17.2 Å². The number of esters is 1. The first-order chi connectivity index (χ1) is 12.3. The Hall–Kier alpha value is -1.97. The molecular weight excluding hydrogens is 373 g/mol. The number of amidine groups is 1. The van der Waals surface area contributed by atoms with E-state index in [0.29, 0.717) is 24.5 Å². The summed E-state index contributed by atoms with van der Waals surface area (Å²) < 4.78 is 49.8. The number of ether oxygens (including phenoxy) is 2. The van der Waals surface area contributed by atoms with Crippen LogP contribution in [0.3, 0.4) is 0 Å². The Labute approximate surface area is 151 Å². The summed E-state index contributed by atoms with van der Waals surface area (Å²) in [4.78, 5) is 24.4. The lowest BCUT2D eigenvalue weighted by molar-refractivity contribution is -0.214. The highest BCUT2D eigenvalue weighted by Gasteiger charge is 2.51. The molecule has 26 heavy (non-hydrogen) atoms. The average molecular weight is 390 g/mol. The van der Waals surface area contributed by atoms with E-state index < -0.39 is 36.5 Å². The molecular formula is C16H17F3N2O4S. The second-order valence-electron chi connectivity index (χ2n) is 6.17. The summed E-state index contributed by atoms with van der Waals surface area (Å²) in [6, 6.07) is 0. The van der Waals surface area contributed by atoms with Crippen molar-refractivity contribution in [2.24, 2.45) is 11.8 Å². The van der Waals surface area contributed by atoms with E-state index in [4.69, 9.17) is 14.9 Å². The van der Waals surface area contributed by atoms with E-state index in [0.717, 1.165) is 11.8 Å². The average Bonchev–Trinajstić information content (AvgIpc) is 2.88. The van der Waals surface area contributed by atoms with Gasteiger partial charge in [0, 0.05) is 12.5 Å². The first-order valence-electron chi connectivity index (χ1n) is 8.06. The molecule has 3 atom stereocenters. The number of carbonyl (C=O) groups is 2. The smallest absolute Gasteiger partial charge is 0.393 e. The third kappa shape index (κ3) is 4.05. The third-order valence-electron chi connectivity index (χ3n) is 4.40. The summed E-state index contributed by atoms with van der Waals surface area (Å²) in [5, 5.41) is 7.47. The zero-order valence-electron chi connectivity index (χ0n) is 13.6. The molecule has 2 saturated heterocycles. The number of carbonyl (C=O) groups excluding carboxylic acids is 2. The van der Waals surface area contributed by atoms with Crippen molar-refractivity contribution in [2.75, 3.05) is 18.9 Å². The van der Waals surface area contributed by atoms with Crippen molar-refractivity contribution in [3.05, 3.63) is 24.0 Å². The number of amides is 1. The minimum Gasteiger partial charge on any atom is -0.494 e. The van der Waals surface area contributed by atoms with Gasteiger partial charge in [-0.05, 0) is 18.6 Å². The molecule has 6 nitrogen and oxygen atoms in total. The van der Waals surface area contributed by atoms with Crippen molar-refractivity contribution < 1.29 is 32.2 Å². The third-order valence-corrected chi connectivity index (χ3v) is 5.29. The maximum Gasteiger partial charge on any atom is 0.393 e. The van der Waals surface area contributed by atoms with Gasteiger partial charge in [0.25, 0.3) is 5.24 Å². The van der Waals surface area contributed by atoms with Crippen molar-refractivity contribution in [1.82, 2.24) is 4.90 Å². The van der Waals surface area contributed by atoms with Gasteiger partial charge >= 0.3 is 12.1 Å². The molecule has 2 fully saturated rings. The molecule has 1 N–H and O–H groups in total. The zero-order chi connectivity index (χ0) is 18.9. The maximum absolute atomic E-state index is 13.1. The fourth-order valence-corrected chi connectivity index (χ4v) is 3.87. The Morgan fingerprint density at radius 1 is 1.38 bits per heavy atom. The first kappa shape index (κ1) is 18.8. The van der Waals surface area contributed by atoms with Crippen LogP contribution in [0.1, 0.15) is 12.8 Å². The number of hydrogen-bond donors (Lipinski definition) is 1. The summed E-state index contributed by atoms with van der Waals surface area (Å²) in [5.41, 5.74) is 0.